The number of aromatic nitrogens is 2. The number of nitrogens with zero attached hydrogens (tertiary/aromatic N) is 2. The largest absolute Gasteiger partial charge is 0.436 e. The minimum atomic E-state index is -3.03. The molecule has 14 heteroatoms. The molecule has 6 rings (SSSR count). The van der Waals surface area contributed by atoms with Crippen molar-refractivity contribution < 1.29 is 45.8 Å². The smallest absolute Gasteiger partial charge is 0.387 e. The van der Waals surface area contributed by atoms with Crippen molar-refractivity contribution in [2.45, 2.75) is 33.7 Å². The number of halogens is 6. The van der Waals surface area contributed by atoms with Crippen LogP contribution in [0.2, 0.25) is 0 Å². The maximum Gasteiger partial charge on any atom is 0.387 e. The first-order chi connectivity index (χ1) is 22.0. The van der Waals surface area contributed by atoms with Crippen molar-refractivity contribution in [3.63, 3.8) is 0 Å². The first-order valence-electron chi connectivity index (χ1n) is 13.3. The molecule has 1 N–H and O–H groups in total. The maximum atomic E-state index is 12.4. The Labute approximate surface area is 275 Å². The predicted octanol–water partition coefficient (Wildman–Crippen LogP) is 9.64. The van der Waals surface area contributed by atoms with Gasteiger partial charge in [0.1, 0.15) is 22.5 Å². The third-order valence-electron chi connectivity index (χ3n) is 6.82. The first-order valence-corrected chi connectivity index (χ1v) is 14.9. The Morgan fingerprint density at radius 2 is 1.26 bits per heavy atom. The van der Waals surface area contributed by atoms with Crippen molar-refractivity contribution in [1.82, 2.24) is 9.97 Å². The molecule has 8 nitrogen and oxygen atoms in total. The lowest BCUT2D eigenvalue weighted by Gasteiger charge is -2.08. The summed E-state index contributed by atoms with van der Waals surface area (Å²) in [6, 6.07) is 16.6. The normalized spacial score (nSPS) is 11.3. The summed E-state index contributed by atoms with van der Waals surface area (Å²) in [5, 5.41) is 9.31. The topological polar surface area (TPSA) is 108 Å². The number of carbonyl (C=O) groups is 1. The molecule has 0 fully saturated rings. The fourth-order valence-electron chi connectivity index (χ4n) is 4.50. The zero-order valence-corrected chi connectivity index (χ0v) is 27.0. The average molecular weight is 766 g/mol. The molecular weight excluding hydrogens is 744 g/mol. The number of rotatable bonds is 8. The van der Waals surface area contributed by atoms with Gasteiger partial charge in [-0.15, -0.1) is 0 Å². The fourth-order valence-corrected chi connectivity index (χ4v) is 5.23. The van der Waals surface area contributed by atoms with Gasteiger partial charge < -0.3 is 23.4 Å². The maximum absolute atomic E-state index is 12.4. The second-order valence-corrected chi connectivity index (χ2v) is 11.4. The highest BCUT2D eigenvalue weighted by Gasteiger charge is 2.18. The zero-order chi connectivity index (χ0) is 33.1. The average Bonchev–Trinajstić information content (AvgIpc) is 3.62. The molecule has 0 unspecified atom stereocenters. The van der Waals surface area contributed by atoms with Crippen LogP contribution in [0.1, 0.15) is 27.0 Å². The highest BCUT2D eigenvalue weighted by Crippen LogP contribution is 2.35. The van der Waals surface area contributed by atoms with E-state index >= 15 is 0 Å². The van der Waals surface area contributed by atoms with E-state index in [-0.39, 0.29) is 28.2 Å². The van der Waals surface area contributed by atoms with E-state index in [4.69, 9.17) is 8.83 Å². The van der Waals surface area contributed by atoms with E-state index < -0.39 is 19.8 Å². The fraction of sp³-hybridized carbons (Fsp3) is 0.156. The number of hydrogen-bond donors (Lipinski definition) is 1. The van der Waals surface area contributed by atoms with E-state index in [9.17, 15) is 27.5 Å². The van der Waals surface area contributed by atoms with E-state index in [1.807, 2.05) is 50.2 Å². The van der Waals surface area contributed by atoms with Crippen molar-refractivity contribution in [3.8, 4) is 34.4 Å². The number of aliphatic hydroxyl groups excluding tert-OH is 1. The summed E-state index contributed by atoms with van der Waals surface area (Å²) in [5.41, 5.74) is 5.08. The lowest BCUT2D eigenvalue weighted by molar-refractivity contribution is -0.0512. The van der Waals surface area contributed by atoms with Crippen LogP contribution in [0.15, 0.2) is 78.4 Å². The molecule has 6 aromatic rings. The van der Waals surface area contributed by atoms with Gasteiger partial charge >= 0.3 is 13.2 Å². The van der Waals surface area contributed by atoms with Crippen molar-refractivity contribution >= 4 is 60.3 Å². The van der Waals surface area contributed by atoms with Crippen molar-refractivity contribution in [2.24, 2.45) is 0 Å². The number of alkyl halides is 4. The Morgan fingerprint density at radius 1 is 0.783 bits per heavy atom. The molecule has 0 aliphatic carbocycles. The lowest BCUT2D eigenvalue weighted by Crippen LogP contribution is -2.04. The summed E-state index contributed by atoms with van der Waals surface area (Å²) in [6.07, 6.45) is 0.440. The molecule has 0 saturated heterocycles. The van der Waals surface area contributed by atoms with Crippen LogP contribution < -0.4 is 9.47 Å². The van der Waals surface area contributed by atoms with E-state index in [1.54, 1.807) is 0 Å². The molecule has 0 aliphatic heterocycles. The van der Waals surface area contributed by atoms with Crippen LogP contribution in [0.25, 0.3) is 45.1 Å². The van der Waals surface area contributed by atoms with Crippen LogP contribution in [0, 0.1) is 13.8 Å². The second-order valence-electron chi connectivity index (χ2n) is 9.68. The molecule has 0 radical (unpaired) electrons. The number of benzene rings is 4. The SMILES string of the molecule is Cc1c(Br)cccc1-c1nc2cc(C=O)c(OC(F)F)cc2o1.Cc1c(Br)cccc1-c1nc2cc(CO)c(OC(F)F)cc2o1. The summed E-state index contributed by atoms with van der Waals surface area (Å²) in [7, 11) is 0. The molecule has 0 bridgehead atoms. The number of carbonyl (C=O) groups excluding carboxylic acids is 1. The molecular formula is C32H22Br2F4N2O6. The third kappa shape index (κ3) is 7.08. The third-order valence-corrected chi connectivity index (χ3v) is 8.53. The van der Waals surface area contributed by atoms with Gasteiger partial charge in [-0.3, -0.25) is 4.79 Å². The highest BCUT2D eigenvalue weighted by molar-refractivity contribution is 9.10. The van der Waals surface area contributed by atoms with Crippen LogP contribution in [-0.4, -0.2) is 34.6 Å². The molecule has 2 aromatic heterocycles. The first kappa shape index (κ1) is 33.1. The Hall–Kier alpha value is -4.27. The van der Waals surface area contributed by atoms with E-state index in [0.717, 1.165) is 31.2 Å². The predicted molar refractivity (Wildman–Crippen MR) is 168 cm³/mol. The van der Waals surface area contributed by atoms with Crippen molar-refractivity contribution in [1.29, 1.82) is 0 Å². The number of oxazole rings is 2. The molecule has 4 aromatic carbocycles. The minimum Gasteiger partial charge on any atom is -0.436 e. The second kappa shape index (κ2) is 14.0. The van der Waals surface area contributed by atoms with Gasteiger partial charge in [0.05, 0.1) is 12.2 Å². The van der Waals surface area contributed by atoms with E-state index in [1.165, 1.54) is 24.3 Å². The van der Waals surface area contributed by atoms with Crippen molar-refractivity contribution in [3.05, 3.63) is 91.9 Å². The lowest BCUT2D eigenvalue weighted by atomic mass is 10.1. The summed E-state index contributed by atoms with van der Waals surface area (Å²) < 4.78 is 71.6. The summed E-state index contributed by atoms with van der Waals surface area (Å²) >= 11 is 6.87. The molecule has 0 amide bonds. The number of aldehydes is 1. The monoisotopic (exact) mass is 764 g/mol. The van der Waals surface area contributed by atoms with Gasteiger partial charge in [-0.25, -0.2) is 9.97 Å². The molecule has 46 heavy (non-hydrogen) atoms. The van der Waals surface area contributed by atoms with Crippen LogP contribution in [0.5, 0.6) is 11.5 Å². The van der Waals surface area contributed by atoms with Gasteiger partial charge in [-0.2, -0.15) is 17.6 Å². The number of fused-ring (bicyclic) bond motifs is 2. The molecule has 0 spiro atoms. The van der Waals surface area contributed by atoms with Gasteiger partial charge in [0, 0.05) is 37.8 Å². The Kier molecular flexibility index (Phi) is 10.1. The highest BCUT2D eigenvalue weighted by atomic mass is 79.9. The van der Waals surface area contributed by atoms with Gasteiger partial charge in [-0.05, 0) is 61.4 Å². The van der Waals surface area contributed by atoms with Crippen LogP contribution in [0.4, 0.5) is 17.6 Å². The van der Waals surface area contributed by atoms with E-state index in [0.29, 0.717) is 34.7 Å². The Morgan fingerprint density at radius 3 is 1.74 bits per heavy atom. The standard InChI is InChI=1S/C16H12BrF2NO3.C16H10BrF2NO3/c2*1-8-10(3-2-4-11(8)17)15-20-12-5-9(7-21)13(23-16(18)19)6-14(12)22-15/h2-6,16,21H,7H2,1H3;2-7,16H,1H3. The van der Waals surface area contributed by atoms with Crippen LogP contribution in [0.3, 0.4) is 0 Å². The zero-order valence-electron chi connectivity index (χ0n) is 23.9. The minimum absolute atomic E-state index is 0.0105. The molecule has 0 aliphatic rings. The molecule has 238 valence electrons. The van der Waals surface area contributed by atoms with Crippen LogP contribution in [-0.2, 0) is 6.61 Å². The van der Waals surface area contributed by atoms with Gasteiger partial charge in [0.25, 0.3) is 0 Å². The summed E-state index contributed by atoms with van der Waals surface area (Å²) in [6.45, 7) is -2.63. The number of ether oxygens (including phenoxy) is 2. The van der Waals surface area contributed by atoms with Gasteiger partial charge in [0.15, 0.2) is 17.5 Å². The quantitative estimate of drug-likeness (QED) is 0.121. The Balaban J connectivity index is 0.000000181. The van der Waals surface area contributed by atoms with E-state index in [2.05, 4.69) is 51.3 Å². The summed E-state index contributed by atoms with van der Waals surface area (Å²) in [5.74, 6) is 0.349. The van der Waals surface area contributed by atoms with Gasteiger partial charge in [0.2, 0.25) is 11.8 Å². The molecule has 0 saturated carbocycles. The molecule has 0 atom stereocenters. The summed E-state index contributed by atoms with van der Waals surface area (Å²) in [4.78, 5) is 19.7. The molecule has 2 heterocycles. The Bertz CT molecular complexity index is 2050. The number of hydrogen-bond acceptors (Lipinski definition) is 8. The van der Waals surface area contributed by atoms with Gasteiger partial charge in [-0.1, -0.05) is 44.0 Å². The van der Waals surface area contributed by atoms with Crippen molar-refractivity contribution in [2.75, 3.05) is 0 Å². The van der Waals surface area contributed by atoms with Crippen LogP contribution >= 0.6 is 31.9 Å². The number of aliphatic hydroxyl groups is 1.